The van der Waals surface area contributed by atoms with Crippen LogP contribution in [-0.4, -0.2) is 24.1 Å². The van der Waals surface area contributed by atoms with Crippen molar-refractivity contribution in [3.8, 4) is 0 Å². The summed E-state index contributed by atoms with van der Waals surface area (Å²) in [5, 5.41) is 5.68. The minimum Gasteiger partial charge on any atom is -0.325 e. The van der Waals surface area contributed by atoms with E-state index in [4.69, 9.17) is 11.6 Å². The Bertz CT molecular complexity index is 1050. The molecular formula is C22H19ClN2O2S. The molecule has 0 aliphatic carbocycles. The first kappa shape index (κ1) is 18.8. The van der Waals surface area contributed by atoms with E-state index in [-0.39, 0.29) is 11.8 Å². The molecule has 0 aromatic heterocycles. The highest BCUT2D eigenvalue weighted by Crippen LogP contribution is 2.32. The van der Waals surface area contributed by atoms with Crippen LogP contribution < -0.4 is 10.2 Å². The van der Waals surface area contributed by atoms with Crippen LogP contribution in [0.15, 0.2) is 65.6 Å². The molecule has 2 amide bonds. The maximum atomic E-state index is 12.3. The number of nitrogens with zero attached hydrogens (tertiary/aromatic N) is 1. The smallest absolute Gasteiger partial charge is 0.234 e. The number of amides is 2. The molecule has 3 aromatic carbocycles. The van der Waals surface area contributed by atoms with E-state index in [1.165, 1.54) is 17.1 Å². The molecule has 0 spiro atoms. The van der Waals surface area contributed by atoms with Crippen molar-refractivity contribution in [3.05, 3.63) is 65.7 Å². The number of fused-ring (bicyclic) bond motifs is 1. The van der Waals surface area contributed by atoms with Crippen molar-refractivity contribution < 1.29 is 9.59 Å². The maximum Gasteiger partial charge on any atom is 0.234 e. The number of anilines is 2. The van der Waals surface area contributed by atoms with E-state index >= 15 is 0 Å². The molecule has 0 radical (unpaired) electrons. The third-order valence-corrected chi connectivity index (χ3v) is 5.98. The number of nitrogens with one attached hydrogen (secondary N) is 1. The standard InChI is InChI=1S/C22H19ClN2O2S/c23-19-13-17(8-10-20(19)25-11-3-6-22(25)27)24-21(26)14-28-18-9-7-15-4-1-2-5-16(15)12-18/h1-2,4-5,7-10,12-13H,3,6,11,14H2,(H,24,26). The predicted molar refractivity (Wildman–Crippen MR) is 116 cm³/mol. The second kappa shape index (κ2) is 8.25. The second-order valence-electron chi connectivity index (χ2n) is 6.66. The average molecular weight is 411 g/mol. The van der Waals surface area contributed by atoms with Crippen LogP contribution in [0.3, 0.4) is 0 Å². The van der Waals surface area contributed by atoms with Crippen LogP contribution in [0.5, 0.6) is 0 Å². The SMILES string of the molecule is O=C(CSc1ccc2ccccc2c1)Nc1ccc(N2CCCC2=O)c(Cl)c1. The highest BCUT2D eigenvalue weighted by atomic mass is 35.5. The van der Waals surface area contributed by atoms with Gasteiger partial charge in [0, 0.05) is 23.5 Å². The van der Waals surface area contributed by atoms with Crippen LogP contribution in [0.2, 0.25) is 5.02 Å². The van der Waals surface area contributed by atoms with Crippen molar-refractivity contribution in [3.63, 3.8) is 0 Å². The van der Waals surface area contributed by atoms with Gasteiger partial charge in [-0.1, -0.05) is 41.9 Å². The minimum absolute atomic E-state index is 0.0884. The van der Waals surface area contributed by atoms with Crippen molar-refractivity contribution in [2.24, 2.45) is 0 Å². The lowest BCUT2D eigenvalue weighted by Gasteiger charge is -2.18. The Labute approximate surface area is 172 Å². The van der Waals surface area contributed by atoms with Crippen LogP contribution in [0, 0.1) is 0 Å². The monoisotopic (exact) mass is 410 g/mol. The predicted octanol–water partition coefficient (Wildman–Crippen LogP) is 5.35. The lowest BCUT2D eigenvalue weighted by molar-refractivity contribution is -0.117. The van der Waals surface area contributed by atoms with Gasteiger partial charge >= 0.3 is 0 Å². The molecule has 1 saturated heterocycles. The van der Waals surface area contributed by atoms with E-state index in [1.54, 1.807) is 23.1 Å². The van der Waals surface area contributed by atoms with Gasteiger partial charge in [0.25, 0.3) is 0 Å². The third-order valence-electron chi connectivity index (χ3n) is 4.69. The van der Waals surface area contributed by atoms with Crippen molar-refractivity contribution >= 4 is 57.3 Å². The zero-order valence-corrected chi connectivity index (χ0v) is 16.7. The van der Waals surface area contributed by atoms with Crippen molar-refractivity contribution in [1.82, 2.24) is 0 Å². The number of thioether (sulfide) groups is 1. The number of hydrogen-bond acceptors (Lipinski definition) is 3. The van der Waals surface area contributed by atoms with Crippen LogP contribution in [0.4, 0.5) is 11.4 Å². The number of benzene rings is 3. The summed E-state index contributed by atoms with van der Waals surface area (Å²) in [7, 11) is 0. The van der Waals surface area contributed by atoms with Gasteiger partial charge in [-0.05, 0) is 47.5 Å². The highest BCUT2D eigenvalue weighted by molar-refractivity contribution is 8.00. The van der Waals surface area contributed by atoms with Crippen LogP contribution in [0.1, 0.15) is 12.8 Å². The molecule has 1 fully saturated rings. The van der Waals surface area contributed by atoms with Gasteiger partial charge in [-0.15, -0.1) is 11.8 Å². The van der Waals surface area contributed by atoms with Gasteiger partial charge in [0.15, 0.2) is 0 Å². The summed E-state index contributed by atoms with van der Waals surface area (Å²) >= 11 is 7.83. The molecule has 0 saturated carbocycles. The molecule has 3 aromatic rings. The number of carbonyl (C=O) groups is 2. The number of halogens is 1. The van der Waals surface area contributed by atoms with Crippen LogP contribution >= 0.6 is 23.4 Å². The summed E-state index contributed by atoms with van der Waals surface area (Å²) < 4.78 is 0. The van der Waals surface area contributed by atoms with Crippen molar-refractivity contribution in [2.75, 3.05) is 22.5 Å². The van der Waals surface area contributed by atoms with Gasteiger partial charge in [0.05, 0.1) is 16.5 Å². The summed E-state index contributed by atoms with van der Waals surface area (Å²) in [6.45, 7) is 0.687. The number of carbonyl (C=O) groups excluding carboxylic acids is 2. The zero-order valence-electron chi connectivity index (χ0n) is 15.2. The second-order valence-corrected chi connectivity index (χ2v) is 8.12. The third kappa shape index (κ3) is 4.16. The molecule has 4 nitrogen and oxygen atoms in total. The first-order valence-corrected chi connectivity index (χ1v) is 10.5. The van der Waals surface area contributed by atoms with Gasteiger partial charge in [-0.25, -0.2) is 0 Å². The van der Waals surface area contributed by atoms with Crippen molar-refractivity contribution in [1.29, 1.82) is 0 Å². The van der Waals surface area contributed by atoms with Gasteiger partial charge in [-0.2, -0.15) is 0 Å². The van der Waals surface area contributed by atoms with E-state index < -0.39 is 0 Å². The fraction of sp³-hybridized carbons (Fsp3) is 0.182. The lowest BCUT2D eigenvalue weighted by Crippen LogP contribution is -2.24. The molecule has 28 heavy (non-hydrogen) atoms. The molecule has 1 aliphatic rings. The topological polar surface area (TPSA) is 49.4 Å². The Balaban J connectivity index is 1.37. The molecule has 1 aliphatic heterocycles. The highest BCUT2D eigenvalue weighted by Gasteiger charge is 2.23. The summed E-state index contributed by atoms with van der Waals surface area (Å²) in [4.78, 5) is 26.9. The summed E-state index contributed by atoms with van der Waals surface area (Å²) in [6.07, 6.45) is 1.40. The Kier molecular flexibility index (Phi) is 5.55. The first-order valence-electron chi connectivity index (χ1n) is 9.11. The average Bonchev–Trinajstić information content (AvgIpc) is 3.12. The zero-order chi connectivity index (χ0) is 19.5. The molecule has 1 heterocycles. The largest absolute Gasteiger partial charge is 0.325 e. The van der Waals surface area contributed by atoms with Gasteiger partial charge in [0.1, 0.15) is 0 Å². The summed E-state index contributed by atoms with van der Waals surface area (Å²) in [5.41, 5.74) is 1.33. The van der Waals surface area contributed by atoms with Gasteiger partial charge < -0.3 is 10.2 Å². The van der Waals surface area contributed by atoms with Gasteiger partial charge in [-0.3, -0.25) is 9.59 Å². The fourth-order valence-corrected chi connectivity index (χ4v) is 4.34. The van der Waals surface area contributed by atoms with E-state index in [0.29, 0.717) is 35.1 Å². The minimum atomic E-state index is -0.0979. The quantitative estimate of drug-likeness (QED) is 0.577. The molecular weight excluding hydrogens is 392 g/mol. The van der Waals surface area contributed by atoms with Gasteiger partial charge in [0.2, 0.25) is 11.8 Å². The summed E-state index contributed by atoms with van der Waals surface area (Å²) in [6, 6.07) is 19.6. The van der Waals surface area contributed by atoms with E-state index in [2.05, 4.69) is 29.6 Å². The molecule has 6 heteroatoms. The maximum absolute atomic E-state index is 12.3. The molecule has 0 unspecified atom stereocenters. The molecule has 0 atom stereocenters. The first-order chi connectivity index (χ1) is 13.6. The molecule has 1 N–H and O–H groups in total. The Morgan fingerprint density at radius 2 is 1.89 bits per heavy atom. The van der Waals surface area contributed by atoms with E-state index in [1.807, 2.05) is 18.2 Å². The number of hydrogen-bond donors (Lipinski definition) is 1. The fourth-order valence-electron chi connectivity index (χ4n) is 3.31. The normalized spacial score (nSPS) is 13.9. The van der Waals surface area contributed by atoms with E-state index in [9.17, 15) is 9.59 Å². The molecule has 0 bridgehead atoms. The summed E-state index contributed by atoms with van der Waals surface area (Å²) in [5.74, 6) is 0.298. The van der Waals surface area contributed by atoms with Crippen LogP contribution in [0.25, 0.3) is 10.8 Å². The lowest BCUT2D eigenvalue weighted by atomic mass is 10.1. The molecule has 142 valence electrons. The molecule has 4 rings (SSSR count). The Morgan fingerprint density at radius 1 is 1.07 bits per heavy atom. The Morgan fingerprint density at radius 3 is 2.64 bits per heavy atom. The Hall–Kier alpha value is -2.50. The number of rotatable bonds is 5. The van der Waals surface area contributed by atoms with E-state index in [0.717, 1.165) is 16.7 Å². The van der Waals surface area contributed by atoms with Crippen molar-refractivity contribution in [2.45, 2.75) is 17.7 Å². The van der Waals surface area contributed by atoms with Crippen LogP contribution in [-0.2, 0) is 9.59 Å².